The molecule has 0 bridgehead atoms. The molecule has 1 aromatic heterocycles. The van der Waals surface area contributed by atoms with E-state index in [1.54, 1.807) is 12.1 Å². The van der Waals surface area contributed by atoms with E-state index in [4.69, 9.17) is 4.74 Å². The molecule has 0 radical (unpaired) electrons. The first kappa shape index (κ1) is 18.7. The van der Waals surface area contributed by atoms with Gasteiger partial charge in [0.05, 0.1) is 5.75 Å². The summed E-state index contributed by atoms with van der Waals surface area (Å²) in [4.78, 5) is 23.8. The molecule has 0 unspecified atom stereocenters. The van der Waals surface area contributed by atoms with E-state index in [2.05, 4.69) is 20.8 Å². The molecule has 0 saturated heterocycles. The van der Waals surface area contributed by atoms with Gasteiger partial charge in [-0.2, -0.15) is 0 Å². The predicted octanol–water partition coefficient (Wildman–Crippen LogP) is 2.71. The number of rotatable bonds is 8. The van der Waals surface area contributed by atoms with Crippen molar-refractivity contribution in [3.05, 3.63) is 30.3 Å². The van der Waals surface area contributed by atoms with Crippen molar-refractivity contribution in [3.8, 4) is 5.75 Å². The number of thioether (sulfide) groups is 1. The highest BCUT2D eigenvalue weighted by Gasteiger charge is 2.17. The van der Waals surface area contributed by atoms with Gasteiger partial charge in [0.15, 0.2) is 10.9 Å². The van der Waals surface area contributed by atoms with E-state index < -0.39 is 0 Å². The molecule has 1 fully saturated rings. The highest BCUT2D eigenvalue weighted by Crippen LogP contribution is 2.25. The monoisotopic (exact) mass is 392 g/mol. The van der Waals surface area contributed by atoms with Crippen molar-refractivity contribution in [3.63, 3.8) is 0 Å². The zero-order chi connectivity index (χ0) is 18.2. The van der Waals surface area contributed by atoms with E-state index in [1.807, 2.05) is 18.2 Å². The largest absolute Gasteiger partial charge is 0.484 e. The molecule has 0 spiro atoms. The lowest BCUT2D eigenvalue weighted by Crippen LogP contribution is -2.33. The van der Waals surface area contributed by atoms with Crippen LogP contribution in [-0.2, 0) is 9.59 Å². The van der Waals surface area contributed by atoms with E-state index in [9.17, 15) is 9.59 Å². The van der Waals surface area contributed by atoms with Crippen LogP contribution in [0.25, 0.3) is 0 Å². The summed E-state index contributed by atoms with van der Waals surface area (Å²) in [6.45, 7) is -0.101. The second-order valence-corrected chi connectivity index (χ2v) is 8.06. The van der Waals surface area contributed by atoms with Crippen LogP contribution in [0.4, 0.5) is 5.13 Å². The van der Waals surface area contributed by atoms with Crippen molar-refractivity contribution in [2.24, 2.45) is 0 Å². The summed E-state index contributed by atoms with van der Waals surface area (Å²) in [5, 5.41) is 14.0. The first-order valence-corrected chi connectivity index (χ1v) is 10.2. The zero-order valence-corrected chi connectivity index (χ0v) is 15.8. The quantitative estimate of drug-likeness (QED) is 0.530. The van der Waals surface area contributed by atoms with Gasteiger partial charge < -0.3 is 10.1 Å². The number of nitrogens with zero attached hydrogens (tertiary/aromatic N) is 2. The van der Waals surface area contributed by atoms with Crippen LogP contribution in [0, 0.1) is 0 Å². The Bertz CT molecular complexity index is 733. The number of amides is 2. The summed E-state index contributed by atoms with van der Waals surface area (Å²) >= 11 is 2.56. The Morgan fingerprint density at radius 2 is 1.92 bits per heavy atom. The minimum atomic E-state index is -0.305. The minimum Gasteiger partial charge on any atom is -0.484 e. The maximum absolute atomic E-state index is 11.9. The molecule has 138 valence electrons. The fourth-order valence-corrected chi connectivity index (χ4v) is 4.19. The number of hydrogen-bond donors (Lipinski definition) is 2. The third-order valence-corrected chi connectivity index (χ3v) is 5.78. The summed E-state index contributed by atoms with van der Waals surface area (Å²) < 4.78 is 6.02. The molecule has 3 rings (SSSR count). The van der Waals surface area contributed by atoms with E-state index >= 15 is 0 Å². The Morgan fingerprint density at radius 1 is 1.15 bits per heavy atom. The summed E-state index contributed by atoms with van der Waals surface area (Å²) in [7, 11) is 0. The average Bonchev–Trinajstić information content (AvgIpc) is 3.31. The van der Waals surface area contributed by atoms with Crippen molar-refractivity contribution in [1.29, 1.82) is 0 Å². The van der Waals surface area contributed by atoms with Crippen molar-refractivity contribution >= 4 is 40.0 Å². The highest BCUT2D eigenvalue weighted by molar-refractivity contribution is 8.01. The molecule has 0 aliphatic heterocycles. The van der Waals surface area contributed by atoms with Crippen LogP contribution in [-0.4, -0.2) is 40.4 Å². The second kappa shape index (κ2) is 9.54. The van der Waals surface area contributed by atoms with Crippen molar-refractivity contribution in [2.75, 3.05) is 17.7 Å². The van der Waals surface area contributed by atoms with E-state index in [1.165, 1.54) is 35.9 Å². The summed E-state index contributed by atoms with van der Waals surface area (Å²) in [6.07, 6.45) is 4.50. The van der Waals surface area contributed by atoms with Gasteiger partial charge in [-0.05, 0) is 25.0 Å². The Labute approximate surface area is 159 Å². The van der Waals surface area contributed by atoms with Crippen LogP contribution in [0.3, 0.4) is 0 Å². The number of carbonyl (C=O) groups excluding carboxylic acids is 2. The molecule has 1 aliphatic rings. The smallest absolute Gasteiger partial charge is 0.264 e. The number of para-hydroxylation sites is 1. The van der Waals surface area contributed by atoms with E-state index in [0.717, 1.165) is 12.8 Å². The van der Waals surface area contributed by atoms with Crippen LogP contribution in [0.15, 0.2) is 34.7 Å². The standard InChI is InChI=1S/C17H20N4O3S2/c22-14(10-24-13-8-2-1-3-9-13)19-16-20-21-17(26-16)25-11-15(23)18-12-6-4-5-7-12/h1-3,8-9,12H,4-7,10-11H2,(H,18,23)(H,19,20,22). The third-order valence-electron chi connectivity index (χ3n) is 3.81. The van der Waals surface area contributed by atoms with Crippen LogP contribution in [0.5, 0.6) is 5.75 Å². The first-order chi connectivity index (χ1) is 12.7. The van der Waals surface area contributed by atoms with Crippen LogP contribution < -0.4 is 15.4 Å². The number of benzene rings is 1. The fraction of sp³-hybridized carbons (Fsp3) is 0.412. The number of aromatic nitrogens is 2. The summed E-state index contributed by atoms with van der Waals surface area (Å²) in [5.41, 5.74) is 0. The maximum atomic E-state index is 11.9. The van der Waals surface area contributed by atoms with Gasteiger partial charge in [0.25, 0.3) is 5.91 Å². The van der Waals surface area contributed by atoms with E-state index in [-0.39, 0.29) is 18.4 Å². The third kappa shape index (κ3) is 5.99. The number of hydrogen-bond acceptors (Lipinski definition) is 7. The van der Waals surface area contributed by atoms with Crippen molar-refractivity contribution in [2.45, 2.75) is 36.1 Å². The average molecular weight is 393 g/mol. The summed E-state index contributed by atoms with van der Waals surface area (Å²) in [6, 6.07) is 9.43. The van der Waals surface area contributed by atoms with Gasteiger partial charge in [0.1, 0.15) is 5.75 Å². The molecule has 1 aliphatic carbocycles. The first-order valence-electron chi connectivity index (χ1n) is 8.42. The molecule has 7 nitrogen and oxygen atoms in total. The Kier molecular flexibility index (Phi) is 6.84. The molecular weight excluding hydrogens is 372 g/mol. The minimum absolute atomic E-state index is 0.0129. The van der Waals surface area contributed by atoms with Gasteiger partial charge >= 0.3 is 0 Å². The molecule has 1 heterocycles. The molecule has 2 amide bonds. The molecule has 1 aromatic carbocycles. The second-order valence-electron chi connectivity index (χ2n) is 5.86. The molecule has 2 aromatic rings. The SMILES string of the molecule is O=C(COc1ccccc1)Nc1nnc(SCC(=O)NC2CCCC2)s1. The molecule has 2 N–H and O–H groups in total. The van der Waals surface area contributed by atoms with Gasteiger partial charge in [-0.3, -0.25) is 14.9 Å². The number of nitrogens with one attached hydrogen (secondary N) is 2. The predicted molar refractivity (Wildman–Crippen MR) is 102 cm³/mol. The fourth-order valence-electron chi connectivity index (χ4n) is 2.61. The maximum Gasteiger partial charge on any atom is 0.264 e. The lowest BCUT2D eigenvalue weighted by Gasteiger charge is -2.10. The van der Waals surface area contributed by atoms with Crippen LogP contribution in [0.1, 0.15) is 25.7 Å². The van der Waals surface area contributed by atoms with Crippen LogP contribution >= 0.6 is 23.1 Å². The van der Waals surface area contributed by atoms with Crippen molar-refractivity contribution in [1.82, 2.24) is 15.5 Å². The summed E-state index contributed by atoms with van der Waals surface area (Å²) in [5.74, 6) is 0.639. The lowest BCUT2D eigenvalue weighted by molar-refractivity contribution is -0.119. The number of ether oxygens (including phenoxy) is 1. The van der Waals surface area contributed by atoms with E-state index in [0.29, 0.717) is 27.0 Å². The number of carbonyl (C=O) groups is 2. The van der Waals surface area contributed by atoms with Crippen LogP contribution in [0.2, 0.25) is 0 Å². The van der Waals surface area contributed by atoms with Gasteiger partial charge in [0.2, 0.25) is 11.0 Å². The molecule has 26 heavy (non-hydrogen) atoms. The Balaban J connectivity index is 1.38. The Hall–Kier alpha value is -2.13. The lowest BCUT2D eigenvalue weighted by atomic mass is 10.2. The van der Waals surface area contributed by atoms with Crippen molar-refractivity contribution < 1.29 is 14.3 Å². The van der Waals surface area contributed by atoms with Gasteiger partial charge in [0, 0.05) is 6.04 Å². The number of anilines is 1. The van der Waals surface area contributed by atoms with Gasteiger partial charge in [-0.25, -0.2) is 0 Å². The molecule has 9 heteroatoms. The zero-order valence-electron chi connectivity index (χ0n) is 14.1. The van der Waals surface area contributed by atoms with Gasteiger partial charge in [-0.1, -0.05) is 54.1 Å². The molecular formula is C17H20N4O3S2. The molecule has 1 saturated carbocycles. The normalized spacial score (nSPS) is 14.2. The topological polar surface area (TPSA) is 93.2 Å². The Morgan fingerprint density at radius 3 is 2.69 bits per heavy atom. The highest BCUT2D eigenvalue weighted by atomic mass is 32.2. The molecule has 0 atom stereocenters. The van der Waals surface area contributed by atoms with Gasteiger partial charge in [-0.15, -0.1) is 10.2 Å².